The number of amides is 1. The molecule has 1 N–H and O–H groups in total. The van der Waals surface area contributed by atoms with Crippen LogP contribution >= 0.6 is 0 Å². The smallest absolute Gasteiger partial charge is 0.410 e. The Morgan fingerprint density at radius 3 is 2.96 bits per heavy atom. The standard InChI is InChI=1S/C18H23FN4O2/c1-18(2,3)25-17(24)23-8-4-5-14(11-23)21-16-20-10-12-9-13(19)6-7-15(12)22-16/h6-7,9-10,14H,4-5,8,11H2,1-3H3,(H,20,21,22). The zero-order valence-corrected chi connectivity index (χ0v) is 14.8. The van der Waals surface area contributed by atoms with Crippen LogP contribution in [0.1, 0.15) is 33.6 Å². The van der Waals surface area contributed by atoms with E-state index in [1.165, 1.54) is 12.1 Å². The third-order valence-corrected chi connectivity index (χ3v) is 3.95. The quantitative estimate of drug-likeness (QED) is 0.900. The Labute approximate surface area is 146 Å². The summed E-state index contributed by atoms with van der Waals surface area (Å²) in [4.78, 5) is 22.6. The molecule has 2 heterocycles. The Morgan fingerprint density at radius 1 is 1.40 bits per heavy atom. The van der Waals surface area contributed by atoms with E-state index in [-0.39, 0.29) is 18.0 Å². The van der Waals surface area contributed by atoms with Crippen LogP contribution in [-0.2, 0) is 4.74 Å². The third-order valence-electron chi connectivity index (χ3n) is 3.95. The molecule has 2 aromatic rings. The maximum atomic E-state index is 13.2. The van der Waals surface area contributed by atoms with Gasteiger partial charge in [0.05, 0.1) is 5.52 Å². The second kappa shape index (κ2) is 6.82. The van der Waals surface area contributed by atoms with Gasteiger partial charge >= 0.3 is 6.09 Å². The van der Waals surface area contributed by atoms with Crippen molar-refractivity contribution in [3.8, 4) is 0 Å². The molecule has 0 spiro atoms. The molecule has 7 heteroatoms. The molecule has 6 nitrogen and oxygen atoms in total. The lowest BCUT2D eigenvalue weighted by Crippen LogP contribution is -2.47. The number of halogens is 1. The van der Waals surface area contributed by atoms with Crippen molar-refractivity contribution in [3.05, 3.63) is 30.2 Å². The number of fused-ring (bicyclic) bond motifs is 1. The number of rotatable bonds is 2. The molecule has 1 aliphatic heterocycles. The first-order valence-electron chi connectivity index (χ1n) is 8.47. The fraction of sp³-hybridized carbons (Fsp3) is 0.500. The summed E-state index contributed by atoms with van der Waals surface area (Å²) >= 11 is 0. The highest BCUT2D eigenvalue weighted by Gasteiger charge is 2.27. The average molecular weight is 346 g/mol. The van der Waals surface area contributed by atoms with Crippen LogP contribution in [0, 0.1) is 5.82 Å². The number of carbonyl (C=O) groups is 1. The van der Waals surface area contributed by atoms with Crippen LogP contribution in [0.5, 0.6) is 0 Å². The molecule has 3 rings (SSSR count). The molecular formula is C18H23FN4O2. The van der Waals surface area contributed by atoms with Gasteiger partial charge in [0, 0.05) is 30.7 Å². The van der Waals surface area contributed by atoms with Crippen LogP contribution in [-0.4, -0.2) is 45.7 Å². The number of ether oxygens (including phenoxy) is 1. The van der Waals surface area contributed by atoms with Gasteiger partial charge in [0.2, 0.25) is 5.95 Å². The lowest BCUT2D eigenvalue weighted by molar-refractivity contribution is 0.0206. The second-order valence-electron chi connectivity index (χ2n) is 7.31. The number of likely N-dealkylation sites (tertiary alicyclic amines) is 1. The van der Waals surface area contributed by atoms with Crippen LogP contribution < -0.4 is 5.32 Å². The van der Waals surface area contributed by atoms with Crippen LogP contribution in [0.25, 0.3) is 10.9 Å². The lowest BCUT2D eigenvalue weighted by Gasteiger charge is -2.34. The molecule has 25 heavy (non-hydrogen) atoms. The maximum absolute atomic E-state index is 13.2. The number of carbonyl (C=O) groups excluding carboxylic acids is 1. The third kappa shape index (κ3) is 4.55. The van der Waals surface area contributed by atoms with Crippen LogP contribution in [0.3, 0.4) is 0 Å². The van der Waals surface area contributed by atoms with Crippen molar-refractivity contribution in [1.82, 2.24) is 14.9 Å². The second-order valence-corrected chi connectivity index (χ2v) is 7.31. The van der Waals surface area contributed by atoms with Crippen molar-refractivity contribution in [2.75, 3.05) is 18.4 Å². The van der Waals surface area contributed by atoms with E-state index in [9.17, 15) is 9.18 Å². The van der Waals surface area contributed by atoms with Crippen LogP contribution in [0.15, 0.2) is 24.4 Å². The van der Waals surface area contributed by atoms with Crippen molar-refractivity contribution in [3.63, 3.8) is 0 Å². The first kappa shape index (κ1) is 17.4. The highest BCUT2D eigenvalue weighted by molar-refractivity contribution is 5.78. The summed E-state index contributed by atoms with van der Waals surface area (Å²) < 4.78 is 18.7. The first-order chi connectivity index (χ1) is 11.8. The molecule has 1 aliphatic rings. The molecular weight excluding hydrogens is 323 g/mol. The molecule has 1 atom stereocenters. The Bertz CT molecular complexity index is 775. The van der Waals surface area contributed by atoms with E-state index >= 15 is 0 Å². The number of aromatic nitrogens is 2. The van der Waals surface area contributed by atoms with E-state index in [4.69, 9.17) is 4.74 Å². The van der Waals surface area contributed by atoms with Crippen LogP contribution in [0.4, 0.5) is 15.1 Å². The Hall–Kier alpha value is -2.44. The van der Waals surface area contributed by atoms with Crippen LogP contribution in [0.2, 0.25) is 0 Å². The molecule has 1 saturated heterocycles. The number of piperidine rings is 1. The van der Waals surface area contributed by atoms with Gasteiger partial charge in [0.25, 0.3) is 0 Å². The summed E-state index contributed by atoms with van der Waals surface area (Å²) in [6.07, 6.45) is 3.11. The Kier molecular flexibility index (Phi) is 4.74. The largest absolute Gasteiger partial charge is 0.444 e. The van der Waals surface area contributed by atoms with Crippen molar-refractivity contribution in [2.45, 2.75) is 45.3 Å². The van der Waals surface area contributed by atoms with Gasteiger partial charge in [-0.3, -0.25) is 0 Å². The van der Waals surface area contributed by atoms with E-state index in [0.717, 1.165) is 12.8 Å². The Balaban J connectivity index is 1.66. The number of nitrogens with one attached hydrogen (secondary N) is 1. The zero-order chi connectivity index (χ0) is 18.0. The van der Waals surface area contributed by atoms with Gasteiger partial charge in [-0.1, -0.05) is 0 Å². The van der Waals surface area contributed by atoms with E-state index in [0.29, 0.717) is 29.9 Å². The van der Waals surface area contributed by atoms with Gasteiger partial charge in [0.1, 0.15) is 11.4 Å². The minimum absolute atomic E-state index is 0.0548. The molecule has 1 aromatic heterocycles. The summed E-state index contributed by atoms with van der Waals surface area (Å²) in [6, 6.07) is 4.47. The summed E-state index contributed by atoms with van der Waals surface area (Å²) in [5, 5.41) is 3.93. The monoisotopic (exact) mass is 346 g/mol. The SMILES string of the molecule is CC(C)(C)OC(=O)N1CCCC(Nc2ncc3cc(F)ccc3n2)C1. The predicted octanol–water partition coefficient (Wildman–Crippen LogP) is 3.58. The summed E-state index contributed by atoms with van der Waals surface area (Å²) in [6.45, 7) is 6.80. The highest BCUT2D eigenvalue weighted by atomic mass is 19.1. The molecule has 0 aliphatic carbocycles. The van der Waals surface area contributed by atoms with Crippen molar-refractivity contribution in [2.24, 2.45) is 0 Å². The van der Waals surface area contributed by atoms with Gasteiger partial charge in [-0.15, -0.1) is 0 Å². The van der Waals surface area contributed by atoms with Gasteiger partial charge in [-0.2, -0.15) is 0 Å². The van der Waals surface area contributed by atoms with E-state index in [2.05, 4.69) is 15.3 Å². The molecule has 1 unspecified atom stereocenters. The average Bonchev–Trinajstić information content (AvgIpc) is 2.54. The number of benzene rings is 1. The predicted molar refractivity (Wildman–Crippen MR) is 93.9 cm³/mol. The maximum Gasteiger partial charge on any atom is 0.410 e. The van der Waals surface area contributed by atoms with Gasteiger partial charge < -0.3 is 15.0 Å². The molecule has 0 radical (unpaired) electrons. The molecule has 1 fully saturated rings. The molecule has 0 saturated carbocycles. The van der Waals surface area contributed by atoms with Crippen molar-refractivity contribution < 1.29 is 13.9 Å². The normalized spacial score (nSPS) is 18.2. The molecule has 0 bridgehead atoms. The first-order valence-corrected chi connectivity index (χ1v) is 8.47. The number of nitrogens with zero attached hydrogens (tertiary/aromatic N) is 3. The number of hydrogen-bond donors (Lipinski definition) is 1. The summed E-state index contributed by atoms with van der Waals surface area (Å²) in [5.41, 5.74) is 0.174. The highest BCUT2D eigenvalue weighted by Crippen LogP contribution is 2.19. The number of anilines is 1. The van der Waals surface area contributed by atoms with Gasteiger partial charge in [0.15, 0.2) is 0 Å². The van der Waals surface area contributed by atoms with E-state index < -0.39 is 5.60 Å². The van der Waals surface area contributed by atoms with Gasteiger partial charge in [-0.25, -0.2) is 19.2 Å². The molecule has 1 aromatic carbocycles. The fourth-order valence-corrected chi connectivity index (χ4v) is 2.84. The summed E-state index contributed by atoms with van der Waals surface area (Å²) in [7, 11) is 0. The topological polar surface area (TPSA) is 67.3 Å². The van der Waals surface area contributed by atoms with E-state index in [1.807, 2.05) is 20.8 Å². The number of hydrogen-bond acceptors (Lipinski definition) is 5. The van der Waals surface area contributed by atoms with Gasteiger partial charge in [-0.05, 0) is 51.8 Å². The Morgan fingerprint density at radius 2 is 2.20 bits per heavy atom. The van der Waals surface area contributed by atoms with Crippen molar-refractivity contribution in [1.29, 1.82) is 0 Å². The summed E-state index contributed by atoms with van der Waals surface area (Å²) in [5.74, 6) is 0.173. The molecule has 134 valence electrons. The minimum atomic E-state index is -0.506. The lowest BCUT2D eigenvalue weighted by atomic mass is 10.1. The van der Waals surface area contributed by atoms with Crippen molar-refractivity contribution >= 4 is 22.9 Å². The zero-order valence-electron chi connectivity index (χ0n) is 14.8. The minimum Gasteiger partial charge on any atom is -0.444 e. The molecule has 1 amide bonds. The fourth-order valence-electron chi connectivity index (χ4n) is 2.84. The van der Waals surface area contributed by atoms with E-state index in [1.54, 1.807) is 17.2 Å².